The fraction of sp³-hybridized carbons (Fsp3) is 0.562. The number of rotatable bonds is 6. The lowest BCUT2D eigenvalue weighted by Gasteiger charge is -2.27. The SMILES string of the molecule is Cc1cccc(C)c1OCC(=O)NCCN1CCNCC1. The van der Waals surface area contributed by atoms with E-state index in [2.05, 4.69) is 15.5 Å². The van der Waals surface area contributed by atoms with Gasteiger partial charge in [0.1, 0.15) is 5.75 Å². The number of benzene rings is 1. The van der Waals surface area contributed by atoms with Crippen LogP contribution in [-0.2, 0) is 4.79 Å². The topological polar surface area (TPSA) is 53.6 Å². The van der Waals surface area contributed by atoms with Crippen molar-refractivity contribution in [1.29, 1.82) is 0 Å². The molecule has 1 aromatic rings. The van der Waals surface area contributed by atoms with Gasteiger partial charge in [0.05, 0.1) is 0 Å². The zero-order valence-corrected chi connectivity index (χ0v) is 12.9. The van der Waals surface area contributed by atoms with Gasteiger partial charge < -0.3 is 15.4 Å². The first kappa shape index (κ1) is 15.8. The van der Waals surface area contributed by atoms with Crippen LogP contribution in [0.1, 0.15) is 11.1 Å². The minimum absolute atomic E-state index is 0.0622. The highest BCUT2D eigenvalue weighted by Crippen LogP contribution is 2.21. The van der Waals surface area contributed by atoms with Gasteiger partial charge in [-0.25, -0.2) is 0 Å². The summed E-state index contributed by atoms with van der Waals surface area (Å²) in [4.78, 5) is 14.2. The van der Waals surface area contributed by atoms with Crippen LogP contribution in [0.5, 0.6) is 5.75 Å². The lowest BCUT2D eigenvalue weighted by atomic mass is 10.1. The minimum atomic E-state index is -0.0622. The minimum Gasteiger partial charge on any atom is -0.483 e. The molecule has 21 heavy (non-hydrogen) atoms. The highest BCUT2D eigenvalue weighted by Gasteiger charge is 2.10. The van der Waals surface area contributed by atoms with Crippen LogP contribution < -0.4 is 15.4 Å². The van der Waals surface area contributed by atoms with E-state index in [4.69, 9.17) is 4.74 Å². The van der Waals surface area contributed by atoms with Crippen molar-refractivity contribution in [3.05, 3.63) is 29.3 Å². The van der Waals surface area contributed by atoms with Gasteiger partial charge in [0.15, 0.2) is 6.61 Å². The Labute approximate surface area is 126 Å². The van der Waals surface area contributed by atoms with Crippen LogP contribution in [0.4, 0.5) is 0 Å². The molecule has 1 heterocycles. The molecule has 116 valence electrons. The maximum absolute atomic E-state index is 11.8. The molecule has 2 N–H and O–H groups in total. The molecule has 1 aliphatic heterocycles. The molecule has 0 aliphatic carbocycles. The van der Waals surface area contributed by atoms with Crippen LogP contribution in [0.15, 0.2) is 18.2 Å². The van der Waals surface area contributed by atoms with Gasteiger partial charge in [0.2, 0.25) is 0 Å². The van der Waals surface area contributed by atoms with E-state index in [9.17, 15) is 4.79 Å². The molecular weight excluding hydrogens is 266 g/mol. The predicted molar refractivity (Wildman–Crippen MR) is 83.7 cm³/mol. The fourth-order valence-corrected chi connectivity index (χ4v) is 2.50. The first-order valence-corrected chi connectivity index (χ1v) is 7.55. The summed E-state index contributed by atoms with van der Waals surface area (Å²) in [5.74, 6) is 0.752. The molecule has 1 aromatic carbocycles. The van der Waals surface area contributed by atoms with Crippen molar-refractivity contribution in [2.45, 2.75) is 13.8 Å². The molecule has 1 aliphatic rings. The third-order valence-corrected chi connectivity index (χ3v) is 3.72. The molecule has 0 atom stereocenters. The normalized spacial score (nSPS) is 15.7. The number of nitrogens with one attached hydrogen (secondary N) is 2. The first-order chi connectivity index (χ1) is 10.2. The van der Waals surface area contributed by atoms with Gasteiger partial charge in [-0.3, -0.25) is 9.69 Å². The molecule has 0 bridgehead atoms. The van der Waals surface area contributed by atoms with E-state index in [0.29, 0.717) is 6.54 Å². The van der Waals surface area contributed by atoms with Gasteiger partial charge >= 0.3 is 0 Å². The number of amides is 1. The van der Waals surface area contributed by atoms with Gasteiger partial charge in [-0.15, -0.1) is 0 Å². The van der Waals surface area contributed by atoms with E-state index < -0.39 is 0 Å². The fourth-order valence-electron chi connectivity index (χ4n) is 2.50. The smallest absolute Gasteiger partial charge is 0.257 e. The second-order valence-corrected chi connectivity index (χ2v) is 5.45. The Morgan fingerprint density at radius 2 is 1.95 bits per heavy atom. The van der Waals surface area contributed by atoms with Crippen molar-refractivity contribution in [1.82, 2.24) is 15.5 Å². The van der Waals surface area contributed by atoms with Crippen molar-refractivity contribution in [3.8, 4) is 5.75 Å². The molecule has 2 rings (SSSR count). The van der Waals surface area contributed by atoms with Crippen LogP contribution in [0, 0.1) is 13.8 Å². The third kappa shape index (κ3) is 5.02. The summed E-state index contributed by atoms with van der Waals surface area (Å²) >= 11 is 0. The number of piperazine rings is 1. The van der Waals surface area contributed by atoms with E-state index in [-0.39, 0.29) is 12.5 Å². The number of hydrogen-bond acceptors (Lipinski definition) is 4. The van der Waals surface area contributed by atoms with E-state index >= 15 is 0 Å². The Hall–Kier alpha value is -1.59. The number of hydrogen-bond donors (Lipinski definition) is 2. The number of nitrogens with zero attached hydrogens (tertiary/aromatic N) is 1. The van der Waals surface area contributed by atoms with Crippen LogP contribution in [0.25, 0.3) is 0 Å². The average Bonchev–Trinajstić information content (AvgIpc) is 2.48. The summed E-state index contributed by atoms with van der Waals surface area (Å²) in [5.41, 5.74) is 2.12. The highest BCUT2D eigenvalue weighted by molar-refractivity contribution is 5.77. The Balaban J connectivity index is 1.67. The second kappa shape index (κ2) is 8.00. The molecule has 0 unspecified atom stereocenters. The summed E-state index contributed by atoms with van der Waals surface area (Å²) < 4.78 is 5.64. The van der Waals surface area contributed by atoms with Crippen molar-refractivity contribution in [2.24, 2.45) is 0 Å². The zero-order chi connectivity index (χ0) is 15.1. The molecule has 1 fully saturated rings. The van der Waals surface area contributed by atoms with Gasteiger partial charge in [-0.1, -0.05) is 18.2 Å². The van der Waals surface area contributed by atoms with Gasteiger partial charge in [-0.05, 0) is 25.0 Å². The molecule has 0 radical (unpaired) electrons. The lowest BCUT2D eigenvalue weighted by Crippen LogP contribution is -2.46. The molecule has 1 amide bonds. The summed E-state index contributed by atoms with van der Waals surface area (Å²) in [6.07, 6.45) is 0. The van der Waals surface area contributed by atoms with E-state index in [0.717, 1.165) is 49.6 Å². The van der Waals surface area contributed by atoms with Gasteiger partial charge in [0.25, 0.3) is 5.91 Å². The first-order valence-electron chi connectivity index (χ1n) is 7.55. The molecular formula is C16H25N3O2. The number of carbonyl (C=O) groups excluding carboxylic acids is 1. The highest BCUT2D eigenvalue weighted by atomic mass is 16.5. The number of ether oxygens (including phenoxy) is 1. The molecule has 0 spiro atoms. The van der Waals surface area contributed by atoms with E-state index in [1.54, 1.807) is 0 Å². The molecule has 0 saturated carbocycles. The second-order valence-electron chi connectivity index (χ2n) is 5.45. The largest absolute Gasteiger partial charge is 0.483 e. The Morgan fingerprint density at radius 3 is 2.62 bits per heavy atom. The van der Waals surface area contributed by atoms with Crippen LogP contribution in [0.3, 0.4) is 0 Å². The lowest BCUT2D eigenvalue weighted by molar-refractivity contribution is -0.123. The summed E-state index contributed by atoms with van der Waals surface area (Å²) in [6.45, 7) is 9.80. The number of carbonyl (C=O) groups is 1. The summed E-state index contributed by atoms with van der Waals surface area (Å²) in [7, 11) is 0. The summed E-state index contributed by atoms with van der Waals surface area (Å²) in [6, 6.07) is 5.97. The Kier molecular flexibility index (Phi) is 6.02. The molecule has 0 aromatic heterocycles. The Morgan fingerprint density at radius 1 is 1.29 bits per heavy atom. The average molecular weight is 291 g/mol. The van der Waals surface area contributed by atoms with Crippen molar-refractivity contribution < 1.29 is 9.53 Å². The molecule has 5 nitrogen and oxygen atoms in total. The predicted octanol–water partition coefficient (Wildman–Crippen LogP) is 0.704. The van der Waals surface area contributed by atoms with E-state index in [1.165, 1.54) is 0 Å². The Bertz CT molecular complexity index is 450. The number of para-hydroxylation sites is 1. The van der Waals surface area contributed by atoms with Crippen molar-refractivity contribution in [3.63, 3.8) is 0 Å². The monoisotopic (exact) mass is 291 g/mol. The van der Waals surface area contributed by atoms with Crippen LogP contribution >= 0.6 is 0 Å². The van der Waals surface area contributed by atoms with Crippen molar-refractivity contribution >= 4 is 5.91 Å². The zero-order valence-electron chi connectivity index (χ0n) is 12.9. The molecule has 5 heteroatoms. The molecule has 1 saturated heterocycles. The van der Waals surface area contributed by atoms with Gasteiger partial charge in [-0.2, -0.15) is 0 Å². The standard InChI is InChI=1S/C16H25N3O2/c1-13-4-3-5-14(2)16(13)21-12-15(20)18-8-11-19-9-6-17-7-10-19/h3-5,17H,6-12H2,1-2H3,(H,18,20). The quantitative estimate of drug-likeness (QED) is 0.810. The van der Waals surface area contributed by atoms with Crippen molar-refractivity contribution in [2.75, 3.05) is 45.9 Å². The van der Waals surface area contributed by atoms with Crippen LogP contribution in [-0.4, -0.2) is 56.7 Å². The third-order valence-electron chi connectivity index (χ3n) is 3.72. The number of aryl methyl sites for hydroxylation is 2. The van der Waals surface area contributed by atoms with E-state index in [1.807, 2.05) is 32.0 Å². The van der Waals surface area contributed by atoms with Gasteiger partial charge in [0, 0.05) is 39.3 Å². The van der Waals surface area contributed by atoms with Crippen LogP contribution in [0.2, 0.25) is 0 Å². The maximum Gasteiger partial charge on any atom is 0.257 e. The maximum atomic E-state index is 11.8. The summed E-state index contributed by atoms with van der Waals surface area (Å²) in [5, 5.41) is 6.23.